The average Bonchev–Trinajstić information content (AvgIpc) is 2.37. The number of carbonyl (C=O) groups is 2. The molecule has 2 amide bonds. The Morgan fingerprint density at radius 3 is 2.61 bits per heavy atom. The second-order valence-corrected chi connectivity index (χ2v) is 3.86. The molecule has 6 nitrogen and oxygen atoms in total. The van der Waals surface area contributed by atoms with E-state index < -0.39 is 18.0 Å². The highest BCUT2D eigenvalue weighted by Crippen LogP contribution is 1.98. The molecule has 0 aliphatic rings. The van der Waals surface area contributed by atoms with E-state index >= 15 is 0 Å². The maximum absolute atomic E-state index is 11.5. The van der Waals surface area contributed by atoms with Crippen molar-refractivity contribution in [3.8, 4) is 0 Å². The molecule has 0 bridgehead atoms. The number of hydrogen-bond donors (Lipinski definition) is 3. The Kier molecular flexibility index (Phi) is 5.63. The largest absolute Gasteiger partial charge is 0.480 e. The van der Waals surface area contributed by atoms with E-state index in [1.165, 1.54) is 0 Å². The van der Waals surface area contributed by atoms with Gasteiger partial charge in [-0.3, -0.25) is 4.98 Å². The van der Waals surface area contributed by atoms with Crippen LogP contribution in [0.5, 0.6) is 0 Å². The molecular formula is C12H17N3O3. The van der Waals surface area contributed by atoms with Crippen LogP contribution < -0.4 is 10.6 Å². The SMILES string of the molecule is CCC[C@H](NC(=O)NCc1ccncc1)C(=O)O. The van der Waals surface area contributed by atoms with Gasteiger partial charge in [0.2, 0.25) is 0 Å². The molecule has 0 unspecified atom stereocenters. The summed E-state index contributed by atoms with van der Waals surface area (Å²) in [6.07, 6.45) is 4.37. The van der Waals surface area contributed by atoms with Crippen molar-refractivity contribution < 1.29 is 14.7 Å². The van der Waals surface area contributed by atoms with Crippen LogP contribution in [-0.2, 0) is 11.3 Å². The summed E-state index contributed by atoms with van der Waals surface area (Å²) in [4.78, 5) is 26.2. The third-order valence-corrected chi connectivity index (χ3v) is 2.38. The lowest BCUT2D eigenvalue weighted by Gasteiger charge is -2.14. The molecule has 3 N–H and O–H groups in total. The highest BCUT2D eigenvalue weighted by molar-refractivity contribution is 5.82. The van der Waals surface area contributed by atoms with Gasteiger partial charge in [-0.05, 0) is 24.1 Å². The Morgan fingerprint density at radius 2 is 2.06 bits per heavy atom. The molecular weight excluding hydrogens is 234 g/mol. The van der Waals surface area contributed by atoms with Crippen molar-refractivity contribution in [2.45, 2.75) is 32.4 Å². The number of rotatable bonds is 6. The molecule has 0 saturated heterocycles. The molecule has 0 aromatic carbocycles. The van der Waals surface area contributed by atoms with Gasteiger partial charge in [0.25, 0.3) is 0 Å². The Balaban J connectivity index is 2.39. The number of carboxylic acid groups (broad SMARTS) is 1. The fraction of sp³-hybridized carbons (Fsp3) is 0.417. The van der Waals surface area contributed by atoms with Crippen LogP contribution in [0.2, 0.25) is 0 Å². The number of nitrogens with one attached hydrogen (secondary N) is 2. The molecule has 0 aliphatic carbocycles. The summed E-state index contributed by atoms with van der Waals surface area (Å²) in [5, 5.41) is 13.9. The number of carboxylic acids is 1. The smallest absolute Gasteiger partial charge is 0.326 e. The molecule has 0 radical (unpaired) electrons. The summed E-state index contributed by atoms with van der Waals surface area (Å²) < 4.78 is 0. The highest BCUT2D eigenvalue weighted by Gasteiger charge is 2.18. The van der Waals surface area contributed by atoms with E-state index in [-0.39, 0.29) is 0 Å². The van der Waals surface area contributed by atoms with Crippen molar-refractivity contribution >= 4 is 12.0 Å². The monoisotopic (exact) mass is 251 g/mol. The molecule has 0 saturated carbocycles. The summed E-state index contributed by atoms with van der Waals surface area (Å²) in [6, 6.07) is 2.24. The van der Waals surface area contributed by atoms with Crippen LogP contribution >= 0.6 is 0 Å². The zero-order chi connectivity index (χ0) is 13.4. The van der Waals surface area contributed by atoms with Gasteiger partial charge < -0.3 is 15.7 Å². The van der Waals surface area contributed by atoms with Crippen LogP contribution in [0.3, 0.4) is 0 Å². The second-order valence-electron chi connectivity index (χ2n) is 3.86. The molecule has 98 valence electrons. The van der Waals surface area contributed by atoms with E-state index in [0.29, 0.717) is 19.4 Å². The number of carbonyl (C=O) groups excluding carboxylic acids is 1. The van der Waals surface area contributed by atoms with Crippen LogP contribution in [0.4, 0.5) is 4.79 Å². The summed E-state index contributed by atoms with van der Waals surface area (Å²) in [7, 11) is 0. The fourth-order valence-electron chi connectivity index (χ4n) is 1.44. The van der Waals surface area contributed by atoms with Gasteiger partial charge in [0.1, 0.15) is 6.04 Å². The van der Waals surface area contributed by atoms with Crippen molar-refractivity contribution in [3.05, 3.63) is 30.1 Å². The fourth-order valence-corrected chi connectivity index (χ4v) is 1.44. The highest BCUT2D eigenvalue weighted by atomic mass is 16.4. The Labute approximate surface area is 105 Å². The molecule has 1 aromatic rings. The lowest BCUT2D eigenvalue weighted by molar-refractivity contribution is -0.139. The van der Waals surface area contributed by atoms with Crippen molar-refractivity contribution in [2.24, 2.45) is 0 Å². The van der Waals surface area contributed by atoms with Crippen LogP contribution in [0.15, 0.2) is 24.5 Å². The number of nitrogens with zero attached hydrogens (tertiary/aromatic N) is 1. The van der Waals surface area contributed by atoms with Crippen molar-refractivity contribution in [1.82, 2.24) is 15.6 Å². The Bertz CT molecular complexity index is 395. The van der Waals surface area contributed by atoms with Gasteiger partial charge in [-0.25, -0.2) is 9.59 Å². The third kappa shape index (κ3) is 4.82. The van der Waals surface area contributed by atoms with Crippen molar-refractivity contribution in [3.63, 3.8) is 0 Å². The average molecular weight is 251 g/mol. The molecule has 18 heavy (non-hydrogen) atoms. The Hall–Kier alpha value is -2.11. The summed E-state index contributed by atoms with van der Waals surface area (Å²) in [5.74, 6) is -1.02. The van der Waals surface area contributed by atoms with Crippen LogP contribution in [0, 0.1) is 0 Å². The number of hydrogen-bond acceptors (Lipinski definition) is 3. The van der Waals surface area contributed by atoms with E-state index in [0.717, 1.165) is 5.56 Å². The number of aliphatic carboxylic acids is 1. The standard InChI is InChI=1S/C12H17N3O3/c1-2-3-10(11(16)17)15-12(18)14-8-9-4-6-13-7-5-9/h4-7,10H,2-3,8H2,1H3,(H,16,17)(H2,14,15,18)/t10-/m0/s1. The number of amides is 2. The Morgan fingerprint density at radius 1 is 1.39 bits per heavy atom. The van der Waals surface area contributed by atoms with Gasteiger partial charge in [-0.1, -0.05) is 13.3 Å². The van der Waals surface area contributed by atoms with E-state index in [1.54, 1.807) is 24.5 Å². The van der Waals surface area contributed by atoms with Gasteiger partial charge in [0.05, 0.1) is 0 Å². The van der Waals surface area contributed by atoms with Gasteiger partial charge in [-0.2, -0.15) is 0 Å². The van der Waals surface area contributed by atoms with E-state index in [2.05, 4.69) is 15.6 Å². The number of pyridine rings is 1. The van der Waals surface area contributed by atoms with Gasteiger partial charge in [-0.15, -0.1) is 0 Å². The van der Waals surface area contributed by atoms with Crippen LogP contribution in [0.25, 0.3) is 0 Å². The van der Waals surface area contributed by atoms with Crippen LogP contribution in [-0.4, -0.2) is 28.1 Å². The minimum absolute atomic E-state index is 0.340. The first-order valence-corrected chi connectivity index (χ1v) is 5.79. The van der Waals surface area contributed by atoms with Crippen LogP contribution in [0.1, 0.15) is 25.3 Å². The third-order valence-electron chi connectivity index (χ3n) is 2.38. The molecule has 1 atom stereocenters. The van der Waals surface area contributed by atoms with E-state index in [1.807, 2.05) is 6.92 Å². The normalized spacial score (nSPS) is 11.6. The quantitative estimate of drug-likeness (QED) is 0.707. The molecule has 6 heteroatoms. The topological polar surface area (TPSA) is 91.3 Å². The lowest BCUT2D eigenvalue weighted by Crippen LogP contribution is -2.45. The predicted octanol–water partition coefficient (Wildman–Crippen LogP) is 1.13. The molecule has 1 heterocycles. The molecule has 0 spiro atoms. The zero-order valence-electron chi connectivity index (χ0n) is 10.2. The zero-order valence-corrected chi connectivity index (χ0v) is 10.2. The lowest BCUT2D eigenvalue weighted by atomic mass is 10.2. The molecule has 1 rings (SSSR count). The summed E-state index contributed by atoms with van der Waals surface area (Å²) in [6.45, 7) is 2.21. The van der Waals surface area contributed by atoms with E-state index in [4.69, 9.17) is 5.11 Å². The molecule has 0 aliphatic heterocycles. The minimum atomic E-state index is -1.02. The summed E-state index contributed by atoms with van der Waals surface area (Å²) in [5.41, 5.74) is 0.905. The predicted molar refractivity (Wildman–Crippen MR) is 65.9 cm³/mol. The van der Waals surface area contributed by atoms with Crippen molar-refractivity contribution in [1.29, 1.82) is 0 Å². The second kappa shape index (κ2) is 7.26. The van der Waals surface area contributed by atoms with E-state index in [9.17, 15) is 9.59 Å². The van der Waals surface area contributed by atoms with Gasteiger partial charge in [0, 0.05) is 18.9 Å². The molecule has 1 aromatic heterocycles. The van der Waals surface area contributed by atoms with Gasteiger partial charge >= 0.3 is 12.0 Å². The first-order chi connectivity index (χ1) is 8.63. The maximum Gasteiger partial charge on any atom is 0.326 e. The number of aromatic nitrogens is 1. The van der Waals surface area contributed by atoms with Gasteiger partial charge in [0.15, 0.2) is 0 Å². The first-order valence-electron chi connectivity index (χ1n) is 5.79. The maximum atomic E-state index is 11.5. The van der Waals surface area contributed by atoms with Crippen molar-refractivity contribution in [2.75, 3.05) is 0 Å². The summed E-state index contributed by atoms with van der Waals surface area (Å²) >= 11 is 0. The minimum Gasteiger partial charge on any atom is -0.480 e. The first kappa shape index (κ1) is 14.0. The molecule has 0 fully saturated rings. The number of urea groups is 1.